The minimum Gasteiger partial charge on any atom is -0.497 e. The quantitative estimate of drug-likeness (QED) is 0.890. The Morgan fingerprint density at radius 2 is 1.58 bits per heavy atom. The molecule has 3 N–H and O–H groups in total. The lowest BCUT2D eigenvalue weighted by Crippen LogP contribution is -2.54. The summed E-state index contributed by atoms with van der Waals surface area (Å²) in [6, 6.07) is 9.95. The first kappa shape index (κ1) is 18.3. The van der Waals surface area contributed by atoms with Crippen molar-refractivity contribution in [1.29, 1.82) is 0 Å². The van der Waals surface area contributed by atoms with Crippen molar-refractivity contribution in [2.75, 3.05) is 13.7 Å². The zero-order chi connectivity index (χ0) is 18.0. The molecule has 0 unspecified atom stereocenters. The third-order valence-electron chi connectivity index (χ3n) is 3.63. The summed E-state index contributed by atoms with van der Waals surface area (Å²) < 4.78 is 68.4. The molecule has 0 aliphatic carbocycles. The number of methoxy groups -OCH3 is 1. The summed E-state index contributed by atoms with van der Waals surface area (Å²) in [6.07, 6.45) is -4.46. The molecule has 0 fully saturated rings. The lowest BCUT2D eigenvalue weighted by atomic mass is 10.1. The largest absolute Gasteiger partial charge is 0.497 e. The third kappa shape index (κ3) is 3.70. The Hall–Kier alpha value is -2.06. The molecule has 130 valence electrons. The molecular weight excluding hydrogens is 343 g/mol. The maximum absolute atomic E-state index is 12.7. The Labute approximate surface area is 138 Å². The van der Waals surface area contributed by atoms with Crippen LogP contribution in [0.2, 0.25) is 0 Å². The first-order chi connectivity index (χ1) is 11.2. The second-order valence-corrected chi connectivity index (χ2v) is 7.25. The van der Waals surface area contributed by atoms with Gasteiger partial charge in [0.2, 0.25) is 0 Å². The molecule has 0 aliphatic rings. The van der Waals surface area contributed by atoms with Gasteiger partial charge in [-0.1, -0.05) is 12.1 Å². The van der Waals surface area contributed by atoms with Crippen LogP contribution in [0.5, 0.6) is 5.75 Å². The molecule has 0 aliphatic heterocycles. The standard InChI is InChI=1S/C16H16F3NO3S/c1-23-13-6-8-14(9-7-13)24(21,22)15(10-20)11-2-4-12(5-3-11)16(17,18)19/h2-9,15H,10,20H2,1H3/p+1/t15-/m0/s1. The molecule has 1 atom stereocenters. The molecule has 8 heteroatoms. The number of hydrogen-bond donors (Lipinski definition) is 1. The average Bonchev–Trinajstić information content (AvgIpc) is 2.55. The maximum atomic E-state index is 12.7. The highest BCUT2D eigenvalue weighted by Crippen LogP contribution is 2.33. The van der Waals surface area contributed by atoms with Crippen LogP contribution >= 0.6 is 0 Å². The zero-order valence-corrected chi connectivity index (χ0v) is 13.7. The van der Waals surface area contributed by atoms with Gasteiger partial charge in [0.15, 0.2) is 9.84 Å². The number of rotatable bonds is 5. The van der Waals surface area contributed by atoms with E-state index in [4.69, 9.17) is 4.74 Å². The van der Waals surface area contributed by atoms with Crippen LogP contribution in [-0.4, -0.2) is 22.1 Å². The summed E-state index contributed by atoms with van der Waals surface area (Å²) in [5, 5.41) is -1.02. The maximum Gasteiger partial charge on any atom is 0.416 e. The van der Waals surface area contributed by atoms with Gasteiger partial charge in [-0.25, -0.2) is 8.42 Å². The minimum atomic E-state index is -4.46. The predicted molar refractivity (Wildman–Crippen MR) is 82.1 cm³/mol. The predicted octanol–water partition coefficient (Wildman–Crippen LogP) is 2.47. The van der Waals surface area contributed by atoms with Crippen LogP contribution in [0.4, 0.5) is 13.2 Å². The Bertz CT molecular complexity index is 785. The lowest BCUT2D eigenvalue weighted by molar-refractivity contribution is -0.367. The molecule has 0 saturated heterocycles. The molecule has 0 bridgehead atoms. The lowest BCUT2D eigenvalue weighted by Gasteiger charge is -2.16. The second kappa shape index (κ2) is 6.82. The molecule has 0 amide bonds. The number of sulfone groups is 1. The highest BCUT2D eigenvalue weighted by molar-refractivity contribution is 7.91. The normalized spacial score (nSPS) is 13.5. The zero-order valence-electron chi connectivity index (χ0n) is 12.9. The van der Waals surface area contributed by atoms with Gasteiger partial charge in [-0.3, -0.25) is 0 Å². The molecule has 24 heavy (non-hydrogen) atoms. The molecule has 0 spiro atoms. The number of alkyl halides is 3. The number of halogens is 3. The summed E-state index contributed by atoms with van der Waals surface area (Å²) in [5.41, 5.74) is 3.08. The molecule has 0 aromatic heterocycles. The molecule has 2 aromatic rings. The Balaban J connectivity index is 2.38. The van der Waals surface area contributed by atoms with Gasteiger partial charge in [-0.15, -0.1) is 0 Å². The van der Waals surface area contributed by atoms with E-state index in [9.17, 15) is 21.6 Å². The fraction of sp³-hybridized carbons (Fsp3) is 0.250. The van der Waals surface area contributed by atoms with Gasteiger partial charge < -0.3 is 10.5 Å². The first-order valence-corrected chi connectivity index (χ1v) is 8.59. The Kier molecular flexibility index (Phi) is 5.19. The SMILES string of the molecule is COc1ccc(S(=O)(=O)[C@@H](C[NH3+])c2ccc(C(F)(F)F)cc2)cc1. The van der Waals surface area contributed by atoms with Crippen molar-refractivity contribution in [2.45, 2.75) is 16.3 Å². The van der Waals surface area contributed by atoms with E-state index in [2.05, 4.69) is 5.73 Å². The summed E-state index contributed by atoms with van der Waals surface area (Å²) in [7, 11) is -2.31. The average molecular weight is 360 g/mol. The van der Waals surface area contributed by atoms with Crippen LogP contribution in [0.15, 0.2) is 53.4 Å². The van der Waals surface area contributed by atoms with Gasteiger partial charge in [-0.05, 0) is 42.0 Å². The highest BCUT2D eigenvalue weighted by atomic mass is 32.2. The van der Waals surface area contributed by atoms with Gasteiger partial charge >= 0.3 is 6.18 Å². The van der Waals surface area contributed by atoms with E-state index in [1.165, 1.54) is 43.5 Å². The second-order valence-electron chi connectivity index (χ2n) is 5.12. The van der Waals surface area contributed by atoms with Gasteiger partial charge in [0, 0.05) is 0 Å². The summed E-state index contributed by atoms with van der Waals surface area (Å²) >= 11 is 0. The van der Waals surface area contributed by atoms with Gasteiger partial charge in [0.05, 0.1) is 24.1 Å². The van der Waals surface area contributed by atoms with E-state index in [1.54, 1.807) is 0 Å². The summed E-state index contributed by atoms with van der Waals surface area (Å²) in [4.78, 5) is 0.0665. The monoisotopic (exact) mass is 360 g/mol. The number of ether oxygens (including phenoxy) is 1. The summed E-state index contributed by atoms with van der Waals surface area (Å²) in [5.74, 6) is 0.509. The molecule has 2 aromatic carbocycles. The number of quaternary nitrogens is 1. The van der Waals surface area contributed by atoms with Crippen molar-refractivity contribution >= 4 is 9.84 Å². The Morgan fingerprint density at radius 1 is 1.04 bits per heavy atom. The van der Waals surface area contributed by atoms with Crippen LogP contribution in [0.1, 0.15) is 16.4 Å². The van der Waals surface area contributed by atoms with E-state index < -0.39 is 26.8 Å². The van der Waals surface area contributed by atoms with Crippen LogP contribution in [0, 0.1) is 0 Å². The minimum absolute atomic E-state index is 0.000271. The van der Waals surface area contributed by atoms with Gasteiger partial charge in [-0.2, -0.15) is 13.2 Å². The smallest absolute Gasteiger partial charge is 0.416 e. The van der Waals surface area contributed by atoms with Crippen molar-refractivity contribution in [3.8, 4) is 5.75 Å². The van der Waals surface area contributed by atoms with Crippen LogP contribution in [0.25, 0.3) is 0 Å². The fourth-order valence-corrected chi connectivity index (χ4v) is 3.99. The van der Waals surface area contributed by atoms with Crippen molar-refractivity contribution in [3.05, 3.63) is 59.7 Å². The number of hydrogen-bond acceptors (Lipinski definition) is 3. The summed E-state index contributed by atoms with van der Waals surface area (Å²) in [6.45, 7) is -0.000271. The van der Waals surface area contributed by atoms with Crippen molar-refractivity contribution in [1.82, 2.24) is 0 Å². The molecule has 0 radical (unpaired) electrons. The molecular formula is C16H17F3NO3S+. The van der Waals surface area contributed by atoms with Crippen LogP contribution in [0.3, 0.4) is 0 Å². The van der Waals surface area contributed by atoms with E-state index in [0.717, 1.165) is 12.1 Å². The van der Waals surface area contributed by atoms with E-state index in [0.29, 0.717) is 5.75 Å². The molecule has 4 nitrogen and oxygen atoms in total. The van der Waals surface area contributed by atoms with E-state index in [-0.39, 0.29) is 17.0 Å². The van der Waals surface area contributed by atoms with E-state index >= 15 is 0 Å². The topological polar surface area (TPSA) is 71.0 Å². The van der Waals surface area contributed by atoms with Crippen LogP contribution in [-0.2, 0) is 16.0 Å². The molecule has 0 heterocycles. The van der Waals surface area contributed by atoms with Crippen LogP contribution < -0.4 is 10.5 Å². The van der Waals surface area contributed by atoms with Gasteiger partial charge in [0.1, 0.15) is 11.0 Å². The van der Waals surface area contributed by atoms with Gasteiger partial charge in [0.25, 0.3) is 0 Å². The van der Waals surface area contributed by atoms with Crippen molar-refractivity contribution in [3.63, 3.8) is 0 Å². The first-order valence-electron chi connectivity index (χ1n) is 7.04. The third-order valence-corrected chi connectivity index (χ3v) is 5.82. The fourth-order valence-electron chi connectivity index (χ4n) is 2.32. The molecule has 0 saturated carbocycles. The number of benzene rings is 2. The highest BCUT2D eigenvalue weighted by Gasteiger charge is 2.33. The van der Waals surface area contributed by atoms with E-state index in [1.807, 2.05) is 0 Å². The Morgan fingerprint density at radius 3 is 2.00 bits per heavy atom. The van der Waals surface area contributed by atoms with Crippen molar-refractivity contribution < 1.29 is 32.1 Å². The molecule has 2 rings (SSSR count). The van der Waals surface area contributed by atoms with Crippen molar-refractivity contribution in [2.24, 2.45) is 0 Å².